The molecule has 0 bridgehead atoms. The van der Waals surface area contributed by atoms with E-state index in [9.17, 15) is 0 Å². The molecule has 0 aromatic heterocycles. The molecule has 0 spiro atoms. The summed E-state index contributed by atoms with van der Waals surface area (Å²) in [5.74, 6) is 0. The van der Waals surface area contributed by atoms with Crippen molar-refractivity contribution in [1.82, 2.24) is 10.2 Å². The van der Waals surface area contributed by atoms with Gasteiger partial charge in [-0.05, 0) is 31.5 Å². The van der Waals surface area contributed by atoms with Gasteiger partial charge in [-0.2, -0.15) is 0 Å². The molecule has 0 amide bonds. The summed E-state index contributed by atoms with van der Waals surface area (Å²) in [6.45, 7) is 3.22. The van der Waals surface area contributed by atoms with Gasteiger partial charge in [0.2, 0.25) is 0 Å². The minimum Gasteiger partial charge on any atom is -0.313 e. The lowest BCUT2D eigenvalue weighted by atomic mass is 10.2. The van der Waals surface area contributed by atoms with Gasteiger partial charge in [0, 0.05) is 30.1 Å². The molecule has 2 nitrogen and oxygen atoms in total. The lowest BCUT2D eigenvalue weighted by Gasteiger charge is -2.19. The highest BCUT2D eigenvalue weighted by atomic mass is 79.9. The van der Waals surface area contributed by atoms with Gasteiger partial charge >= 0.3 is 0 Å². The molecule has 1 aliphatic carbocycles. The van der Waals surface area contributed by atoms with Crippen molar-refractivity contribution in [2.45, 2.75) is 38.3 Å². The smallest absolute Gasteiger partial charge is 0.0242 e. The maximum Gasteiger partial charge on any atom is 0.0242 e. The summed E-state index contributed by atoms with van der Waals surface area (Å²) in [7, 11) is 2.19. The maximum atomic E-state index is 3.66. The van der Waals surface area contributed by atoms with Crippen LogP contribution in [-0.2, 0) is 6.54 Å². The SMILES string of the molecule is CN(CCNC1CCCC1)Cc1ccccc1Br. The minimum atomic E-state index is 0.780. The number of benzene rings is 1. The van der Waals surface area contributed by atoms with Crippen LogP contribution < -0.4 is 5.32 Å². The molecule has 1 saturated carbocycles. The number of hydrogen-bond donors (Lipinski definition) is 1. The number of rotatable bonds is 6. The summed E-state index contributed by atoms with van der Waals surface area (Å²) >= 11 is 3.60. The molecule has 0 atom stereocenters. The zero-order valence-electron chi connectivity index (χ0n) is 11.2. The second-order valence-electron chi connectivity index (χ2n) is 5.26. The molecule has 1 aromatic rings. The van der Waals surface area contributed by atoms with E-state index in [2.05, 4.69) is 57.5 Å². The predicted molar refractivity (Wildman–Crippen MR) is 80.7 cm³/mol. The predicted octanol–water partition coefficient (Wildman–Crippen LogP) is 3.41. The Morgan fingerprint density at radius 1 is 1.28 bits per heavy atom. The third-order valence-electron chi connectivity index (χ3n) is 3.68. The molecule has 1 aliphatic rings. The Bertz CT molecular complexity index is 361. The Balaban J connectivity index is 1.68. The fourth-order valence-corrected chi connectivity index (χ4v) is 3.00. The Labute approximate surface area is 119 Å². The van der Waals surface area contributed by atoms with Crippen molar-refractivity contribution in [3.63, 3.8) is 0 Å². The summed E-state index contributed by atoms with van der Waals surface area (Å²) < 4.78 is 1.21. The molecule has 0 heterocycles. The number of likely N-dealkylation sites (N-methyl/N-ethyl adjacent to an activating group) is 1. The van der Waals surface area contributed by atoms with Crippen molar-refractivity contribution in [1.29, 1.82) is 0 Å². The second kappa shape index (κ2) is 7.27. The van der Waals surface area contributed by atoms with E-state index in [4.69, 9.17) is 0 Å². The van der Waals surface area contributed by atoms with E-state index in [1.807, 2.05) is 0 Å². The molecule has 0 saturated heterocycles. The van der Waals surface area contributed by atoms with Crippen molar-refractivity contribution in [3.05, 3.63) is 34.3 Å². The number of hydrogen-bond acceptors (Lipinski definition) is 2. The van der Waals surface area contributed by atoms with E-state index in [1.54, 1.807) is 0 Å². The highest BCUT2D eigenvalue weighted by Crippen LogP contribution is 2.18. The summed E-state index contributed by atoms with van der Waals surface area (Å²) in [6.07, 6.45) is 5.55. The van der Waals surface area contributed by atoms with E-state index < -0.39 is 0 Å². The van der Waals surface area contributed by atoms with Gasteiger partial charge in [-0.25, -0.2) is 0 Å². The van der Waals surface area contributed by atoms with Gasteiger partial charge in [0.15, 0.2) is 0 Å². The highest BCUT2D eigenvalue weighted by Gasteiger charge is 2.13. The molecule has 100 valence electrons. The van der Waals surface area contributed by atoms with Gasteiger partial charge in [-0.3, -0.25) is 0 Å². The van der Waals surface area contributed by atoms with E-state index in [0.29, 0.717) is 0 Å². The fraction of sp³-hybridized carbons (Fsp3) is 0.600. The van der Waals surface area contributed by atoms with Crippen molar-refractivity contribution in [3.8, 4) is 0 Å². The lowest BCUT2D eigenvalue weighted by molar-refractivity contribution is 0.316. The topological polar surface area (TPSA) is 15.3 Å². The van der Waals surface area contributed by atoms with E-state index in [-0.39, 0.29) is 0 Å². The first-order valence-electron chi connectivity index (χ1n) is 6.91. The first-order valence-corrected chi connectivity index (χ1v) is 7.70. The average molecular weight is 311 g/mol. The molecule has 0 unspecified atom stereocenters. The van der Waals surface area contributed by atoms with Gasteiger partial charge in [0.1, 0.15) is 0 Å². The van der Waals surface area contributed by atoms with Gasteiger partial charge in [0.25, 0.3) is 0 Å². The summed E-state index contributed by atoms with van der Waals surface area (Å²) in [5.41, 5.74) is 1.36. The maximum absolute atomic E-state index is 3.66. The van der Waals surface area contributed by atoms with Crippen LogP contribution in [0.3, 0.4) is 0 Å². The number of nitrogens with one attached hydrogen (secondary N) is 1. The highest BCUT2D eigenvalue weighted by molar-refractivity contribution is 9.10. The Kier molecular flexibility index (Phi) is 5.67. The Hall–Kier alpha value is -0.380. The Morgan fingerprint density at radius 3 is 2.72 bits per heavy atom. The van der Waals surface area contributed by atoms with E-state index >= 15 is 0 Å². The standard InChI is InChI=1S/C15H23BrN2/c1-18(11-10-17-14-7-3-4-8-14)12-13-6-2-5-9-15(13)16/h2,5-6,9,14,17H,3-4,7-8,10-12H2,1H3. The van der Waals surface area contributed by atoms with Gasteiger partial charge in [-0.1, -0.05) is 47.0 Å². The summed E-state index contributed by atoms with van der Waals surface area (Å²) in [4.78, 5) is 2.38. The van der Waals surface area contributed by atoms with Crippen molar-refractivity contribution < 1.29 is 0 Å². The van der Waals surface area contributed by atoms with Crippen LogP contribution in [0.1, 0.15) is 31.2 Å². The van der Waals surface area contributed by atoms with Crippen LogP contribution in [0.4, 0.5) is 0 Å². The second-order valence-corrected chi connectivity index (χ2v) is 6.12. The molecule has 1 N–H and O–H groups in total. The molecule has 1 aromatic carbocycles. The fourth-order valence-electron chi connectivity index (χ4n) is 2.59. The van der Waals surface area contributed by atoms with E-state index in [0.717, 1.165) is 25.7 Å². The first kappa shape index (κ1) is 14.0. The summed E-state index contributed by atoms with van der Waals surface area (Å²) in [5, 5.41) is 3.66. The average Bonchev–Trinajstić information content (AvgIpc) is 2.85. The van der Waals surface area contributed by atoms with Crippen LogP contribution in [0.2, 0.25) is 0 Å². The molecule has 0 aliphatic heterocycles. The molecule has 2 rings (SSSR count). The van der Waals surface area contributed by atoms with Crippen molar-refractivity contribution in [2.24, 2.45) is 0 Å². The van der Waals surface area contributed by atoms with Crippen LogP contribution in [0, 0.1) is 0 Å². The van der Waals surface area contributed by atoms with Gasteiger partial charge in [-0.15, -0.1) is 0 Å². The minimum absolute atomic E-state index is 0.780. The zero-order valence-corrected chi connectivity index (χ0v) is 12.7. The summed E-state index contributed by atoms with van der Waals surface area (Å²) in [6, 6.07) is 9.24. The lowest BCUT2D eigenvalue weighted by Crippen LogP contribution is -2.34. The van der Waals surface area contributed by atoms with Crippen LogP contribution >= 0.6 is 15.9 Å². The molecule has 0 radical (unpaired) electrons. The number of halogens is 1. The van der Waals surface area contributed by atoms with Crippen molar-refractivity contribution >= 4 is 15.9 Å². The quantitative estimate of drug-likeness (QED) is 0.866. The van der Waals surface area contributed by atoms with Gasteiger partial charge < -0.3 is 10.2 Å². The van der Waals surface area contributed by atoms with Crippen LogP contribution in [0.15, 0.2) is 28.7 Å². The largest absolute Gasteiger partial charge is 0.313 e. The van der Waals surface area contributed by atoms with Crippen LogP contribution in [0.25, 0.3) is 0 Å². The van der Waals surface area contributed by atoms with Gasteiger partial charge in [0.05, 0.1) is 0 Å². The third kappa shape index (κ3) is 4.38. The van der Waals surface area contributed by atoms with Crippen LogP contribution in [0.5, 0.6) is 0 Å². The zero-order chi connectivity index (χ0) is 12.8. The number of nitrogens with zero attached hydrogens (tertiary/aromatic N) is 1. The Morgan fingerprint density at radius 2 is 2.00 bits per heavy atom. The molecule has 1 fully saturated rings. The first-order chi connectivity index (χ1) is 8.75. The normalized spacial score (nSPS) is 16.6. The molecule has 3 heteroatoms. The molecule has 18 heavy (non-hydrogen) atoms. The van der Waals surface area contributed by atoms with Crippen molar-refractivity contribution in [2.75, 3.05) is 20.1 Å². The van der Waals surface area contributed by atoms with E-state index in [1.165, 1.54) is 35.7 Å². The molecular formula is C15H23BrN2. The molecular weight excluding hydrogens is 288 g/mol. The van der Waals surface area contributed by atoms with Crippen LogP contribution in [-0.4, -0.2) is 31.1 Å². The third-order valence-corrected chi connectivity index (χ3v) is 4.45. The monoisotopic (exact) mass is 310 g/mol.